The van der Waals surface area contributed by atoms with E-state index in [-0.39, 0.29) is 5.70 Å². The maximum absolute atomic E-state index is 8.63. The van der Waals surface area contributed by atoms with Crippen molar-refractivity contribution in [3.63, 3.8) is 0 Å². The summed E-state index contributed by atoms with van der Waals surface area (Å²) in [4.78, 5) is 4.10. The van der Waals surface area contributed by atoms with Crippen LogP contribution in [0.4, 0.5) is 0 Å². The molecule has 3 nitrogen and oxygen atoms in total. The zero-order chi connectivity index (χ0) is 13.0. The zero-order valence-corrected chi connectivity index (χ0v) is 10.5. The van der Waals surface area contributed by atoms with Gasteiger partial charge in [0.25, 0.3) is 0 Å². The van der Waals surface area contributed by atoms with Crippen LogP contribution in [0.25, 0.3) is 0 Å². The summed E-state index contributed by atoms with van der Waals surface area (Å²) in [6.07, 6.45) is 2.58. The molecule has 1 aromatic carbocycles. The second-order valence-corrected chi connectivity index (χ2v) is 4.53. The summed E-state index contributed by atoms with van der Waals surface area (Å²) in [6, 6.07) is 9.68. The monoisotopic (exact) mass is 240 g/mol. The molecule has 1 aliphatic carbocycles. The number of ether oxygens (including phenoxy) is 1. The van der Waals surface area contributed by atoms with Gasteiger partial charge in [-0.05, 0) is 55.5 Å². The van der Waals surface area contributed by atoms with Crippen LogP contribution in [-0.4, -0.2) is 12.3 Å². The van der Waals surface area contributed by atoms with Crippen molar-refractivity contribution in [3.8, 4) is 11.8 Å². The van der Waals surface area contributed by atoms with E-state index in [2.05, 4.69) is 11.6 Å². The maximum atomic E-state index is 8.63. The third kappa shape index (κ3) is 3.46. The Labute approximate surface area is 107 Å². The number of benzene rings is 1. The largest absolute Gasteiger partial charge is 0.493 e. The molecule has 1 saturated carbocycles. The second-order valence-electron chi connectivity index (χ2n) is 4.53. The van der Waals surface area contributed by atoms with Crippen molar-refractivity contribution in [2.75, 3.05) is 6.61 Å². The predicted octanol–water partition coefficient (Wildman–Crippen LogP) is 3.32. The van der Waals surface area contributed by atoms with Gasteiger partial charge in [-0.15, -0.1) is 0 Å². The third-order valence-electron chi connectivity index (χ3n) is 2.89. The van der Waals surface area contributed by atoms with Crippen molar-refractivity contribution in [2.45, 2.75) is 19.8 Å². The van der Waals surface area contributed by atoms with E-state index in [1.54, 1.807) is 0 Å². The Kier molecular flexibility index (Phi) is 3.78. The topological polar surface area (TPSA) is 45.4 Å². The third-order valence-corrected chi connectivity index (χ3v) is 2.89. The summed E-state index contributed by atoms with van der Waals surface area (Å²) in [5.41, 5.74) is 1.99. The van der Waals surface area contributed by atoms with Gasteiger partial charge in [0, 0.05) is 5.71 Å². The van der Waals surface area contributed by atoms with Crippen molar-refractivity contribution in [2.24, 2.45) is 10.9 Å². The summed E-state index contributed by atoms with van der Waals surface area (Å²) in [7, 11) is 0. The molecule has 0 aromatic heterocycles. The van der Waals surface area contributed by atoms with Gasteiger partial charge in [0.2, 0.25) is 0 Å². The molecule has 0 unspecified atom stereocenters. The molecular weight excluding hydrogens is 224 g/mol. The van der Waals surface area contributed by atoms with Crippen LogP contribution in [0.15, 0.2) is 41.5 Å². The highest BCUT2D eigenvalue weighted by Crippen LogP contribution is 2.29. The van der Waals surface area contributed by atoms with Crippen molar-refractivity contribution in [3.05, 3.63) is 42.1 Å². The van der Waals surface area contributed by atoms with Crippen LogP contribution >= 0.6 is 0 Å². The van der Waals surface area contributed by atoms with Crippen LogP contribution in [0.2, 0.25) is 0 Å². The first-order valence-corrected chi connectivity index (χ1v) is 6.06. The minimum Gasteiger partial charge on any atom is -0.493 e. The lowest BCUT2D eigenvalue weighted by molar-refractivity contribution is 0.300. The Morgan fingerprint density at radius 3 is 2.67 bits per heavy atom. The summed E-state index contributed by atoms with van der Waals surface area (Å²) in [5.74, 6) is 1.64. The molecule has 3 heteroatoms. The van der Waals surface area contributed by atoms with Gasteiger partial charge >= 0.3 is 0 Å². The van der Waals surface area contributed by atoms with Crippen molar-refractivity contribution < 1.29 is 4.74 Å². The van der Waals surface area contributed by atoms with Crippen LogP contribution in [0.5, 0.6) is 5.75 Å². The minimum atomic E-state index is 0.224. The van der Waals surface area contributed by atoms with Crippen LogP contribution in [0.3, 0.4) is 0 Å². The molecule has 0 atom stereocenters. The SMILES string of the molecule is C=C(C#N)/N=C(\C)c1ccc(OCC2CC2)cc1. The maximum Gasteiger partial charge on any atom is 0.133 e. The fourth-order valence-corrected chi connectivity index (χ4v) is 1.58. The van der Waals surface area contributed by atoms with Gasteiger partial charge in [-0.25, -0.2) is 4.99 Å². The average molecular weight is 240 g/mol. The van der Waals surface area contributed by atoms with Crippen LogP contribution < -0.4 is 4.74 Å². The first-order chi connectivity index (χ1) is 8.69. The molecule has 1 aromatic rings. The van der Waals surface area contributed by atoms with Gasteiger partial charge < -0.3 is 4.74 Å². The summed E-state index contributed by atoms with van der Waals surface area (Å²) < 4.78 is 5.66. The van der Waals surface area contributed by atoms with Gasteiger partial charge in [-0.3, -0.25) is 0 Å². The van der Waals surface area contributed by atoms with Crippen LogP contribution in [0, 0.1) is 17.2 Å². The molecule has 0 saturated heterocycles. The van der Waals surface area contributed by atoms with E-state index in [1.807, 2.05) is 37.3 Å². The van der Waals surface area contributed by atoms with Crippen LogP contribution in [0.1, 0.15) is 25.3 Å². The quantitative estimate of drug-likeness (QED) is 0.585. The first-order valence-electron chi connectivity index (χ1n) is 6.06. The molecule has 92 valence electrons. The van der Waals surface area contributed by atoms with Crippen molar-refractivity contribution >= 4 is 5.71 Å². The summed E-state index contributed by atoms with van der Waals surface area (Å²) >= 11 is 0. The number of allylic oxidation sites excluding steroid dienone is 1. The van der Waals surface area contributed by atoms with E-state index in [9.17, 15) is 0 Å². The molecule has 0 N–H and O–H groups in total. The Balaban J connectivity index is 1.99. The second kappa shape index (κ2) is 5.50. The molecule has 0 amide bonds. The number of rotatable bonds is 5. The predicted molar refractivity (Wildman–Crippen MR) is 71.6 cm³/mol. The highest BCUT2D eigenvalue weighted by atomic mass is 16.5. The van der Waals surface area contributed by atoms with Crippen molar-refractivity contribution in [1.29, 1.82) is 5.26 Å². The Hall–Kier alpha value is -2.08. The standard InChI is InChI=1S/C15H16N2O/c1-11(9-16)17-12(2)14-5-7-15(8-6-14)18-10-13-3-4-13/h5-8,13H,1,3-4,10H2,2H3/b17-12+. The fourth-order valence-electron chi connectivity index (χ4n) is 1.58. The molecule has 0 spiro atoms. The summed E-state index contributed by atoms with van der Waals surface area (Å²) in [5, 5.41) is 8.63. The lowest BCUT2D eigenvalue weighted by Gasteiger charge is -2.06. The zero-order valence-electron chi connectivity index (χ0n) is 10.5. The highest BCUT2D eigenvalue weighted by Gasteiger charge is 2.21. The molecule has 0 aliphatic heterocycles. The Bertz CT molecular complexity index is 504. The van der Waals surface area contributed by atoms with Crippen LogP contribution in [-0.2, 0) is 0 Å². The normalized spacial score (nSPS) is 15.0. The van der Waals surface area contributed by atoms with Gasteiger partial charge in [0.05, 0.1) is 6.61 Å². The fraction of sp³-hybridized carbons (Fsp3) is 0.333. The number of nitrogens with zero attached hydrogens (tertiary/aromatic N) is 2. The first kappa shape index (κ1) is 12.4. The van der Waals surface area contributed by atoms with E-state index >= 15 is 0 Å². The van der Waals surface area contributed by atoms with Gasteiger partial charge in [0.15, 0.2) is 0 Å². The Morgan fingerprint density at radius 2 is 2.11 bits per heavy atom. The smallest absolute Gasteiger partial charge is 0.133 e. The lowest BCUT2D eigenvalue weighted by atomic mass is 10.1. The molecular formula is C15H16N2O. The van der Waals surface area contributed by atoms with E-state index in [1.165, 1.54) is 12.8 Å². The van der Waals surface area contributed by atoms with E-state index in [0.29, 0.717) is 0 Å². The average Bonchev–Trinajstić information content (AvgIpc) is 3.20. The molecule has 1 fully saturated rings. The Morgan fingerprint density at radius 1 is 1.44 bits per heavy atom. The molecule has 2 rings (SSSR count). The number of nitriles is 1. The van der Waals surface area contributed by atoms with Gasteiger partial charge in [0.1, 0.15) is 17.5 Å². The molecule has 0 radical (unpaired) electrons. The van der Waals surface area contributed by atoms with E-state index in [0.717, 1.165) is 29.5 Å². The van der Waals surface area contributed by atoms with E-state index in [4.69, 9.17) is 10.00 Å². The number of hydrogen-bond acceptors (Lipinski definition) is 3. The minimum absolute atomic E-state index is 0.224. The van der Waals surface area contributed by atoms with E-state index < -0.39 is 0 Å². The molecule has 0 heterocycles. The molecule has 0 bridgehead atoms. The summed E-state index contributed by atoms with van der Waals surface area (Å²) in [6.45, 7) is 6.22. The highest BCUT2D eigenvalue weighted by molar-refractivity contribution is 5.99. The molecule has 1 aliphatic rings. The lowest BCUT2D eigenvalue weighted by Crippen LogP contribution is -2.00. The van der Waals surface area contributed by atoms with Gasteiger partial charge in [-0.1, -0.05) is 6.58 Å². The van der Waals surface area contributed by atoms with Crippen molar-refractivity contribution in [1.82, 2.24) is 0 Å². The number of aliphatic imine (C=N–C) groups is 1. The number of hydrogen-bond donors (Lipinski definition) is 0. The molecule has 18 heavy (non-hydrogen) atoms. The van der Waals surface area contributed by atoms with Gasteiger partial charge in [-0.2, -0.15) is 5.26 Å².